The van der Waals surface area contributed by atoms with Crippen molar-refractivity contribution >= 4 is 8.56 Å². The molecule has 0 radical (unpaired) electrons. The van der Waals surface area contributed by atoms with E-state index in [0.29, 0.717) is 10.6 Å². The van der Waals surface area contributed by atoms with Crippen LogP contribution in [0.3, 0.4) is 0 Å². The van der Waals surface area contributed by atoms with E-state index >= 15 is 0 Å². The fourth-order valence-corrected chi connectivity index (χ4v) is 7.96. The average molecular weight is 230 g/mol. The highest BCUT2D eigenvalue weighted by atomic mass is 28.4. The van der Waals surface area contributed by atoms with Gasteiger partial charge in [0.25, 0.3) is 0 Å². The second-order valence-electron chi connectivity index (χ2n) is 5.35. The molecule has 0 aromatic rings. The van der Waals surface area contributed by atoms with E-state index in [0.717, 1.165) is 0 Å². The lowest BCUT2D eigenvalue weighted by molar-refractivity contribution is 0.176. The molecule has 0 N–H and O–H groups in total. The molecular weight excluding hydrogens is 204 g/mol. The Labute approximate surface area is 95.6 Å². The SMILES string of the molecule is CO[Si](OC)(C(C)C)C1(C)CCCCC1. The lowest BCUT2D eigenvalue weighted by Gasteiger charge is -2.48. The van der Waals surface area contributed by atoms with E-state index in [9.17, 15) is 0 Å². The maximum Gasteiger partial charge on any atom is 0.346 e. The van der Waals surface area contributed by atoms with Crippen LogP contribution in [0.15, 0.2) is 0 Å². The van der Waals surface area contributed by atoms with Crippen molar-refractivity contribution in [2.75, 3.05) is 14.2 Å². The summed E-state index contributed by atoms with van der Waals surface area (Å²) >= 11 is 0. The van der Waals surface area contributed by atoms with Crippen molar-refractivity contribution in [3.05, 3.63) is 0 Å². The highest BCUT2D eigenvalue weighted by Crippen LogP contribution is 2.54. The molecule has 0 heterocycles. The summed E-state index contributed by atoms with van der Waals surface area (Å²) in [7, 11) is 1.64. The first-order valence-corrected chi connectivity index (χ1v) is 8.02. The molecule has 1 fully saturated rings. The summed E-state index contributed by atoms with van der Waals surface area (Å²) in [5, 5.41) is 0.308. The first-order chi connectivity index (χ1) is 7.02. The summed E-state index contributed by atoms with van der Waals surface area (Å²) < 4.78 is 11.8. The summed E-state index contributed by atoms with van der Waals surface area (Å²) in [5.41, 5.74) is 0.524. The maximum absolute atomic E-state index is 5.91. The van der Waals surface area contributed by atoms with Gasteiger partial charge in [-0.3, -0.25) is 0 Å². The number of hydrogen-bond acceptors (Lipinski definition) is 2. The van der Waals surface area contributed by atoms with Gasteiger partial charge < -0.3 is 8.85 Å². The van der Waals surface area contributed by atoms with Gasteiger partial charge >= 0.3 is 8.56 Å². The predicted molar refractivity (Wildman–Crippen MR) is 66.3 cm³/mol. The number of hydrogen-bond donors (Lipinski definition) is 0. The lowest BCUT2D eigenvalue weighted by Crippen LogP contribution is -2.54. The van der Waals surface area contributed by atoms with Crippen molar-refractivity contribution in [1.29, 1.82) is 0 Å². The van der Waals surface area contributed by atoms with E-state index in [-0.39, 0.29) is 0 Å². The third kappa shape index (κ3) is 2.15. The molecule has 1 saturated carbocycles. The smallest absolute Gasteiger partial charge is 0.346 e. The van der Waals surface area contributed by atoms with Gasteiger partial charge in [0, 0.05) is 19.3 Å². The average Bonchev–Trinajstić information content (AvgIpc) is 2.20. The van der Waals surface area contributed by atoms with Crippen molar-refractivity contribution in [2.45, 2.75) is 63.5 Å². The minimum absolute atomic E-state index is 0.308. The Morgan fingerprint density at radius 1 is 1.00 bits per heavy atom. The van der Waals surface area contributed by atoms with Gasteiger partial charge in [0.05, 0.1) is 0 Å². The highest BCUT2D eigenvalue weighted by molar-refractivity contribution is 6.72. The van der Waals surface area contributed by atoms with Gasteiger partial charge in [-0.05, 0) is 18.4 Å². The zero-order valence-electron chi connectivity index (χ0n) is 10.9. The van der Waals surface area contributed by atoms with E-state index < -0.39 is 8.56 Å². The Morgan fingerprint density at radius 2 is 1.47 bits per heavy atom. The first-order valence-electron chi connectivity index (χ1n) is 6.13. The Morgan fingerprint density at radius 3 is 1.80 bits per heavy atom. The molecule has 0 saturated heterocycles. The molecule has 0 aromatic carbocycles. The van der Waals surface area contributed by atoms with Crippen molar-refractivity contribution in [3.63, 3.8) is 0 Å². The molecule has 0 amide bonds. The second-order valence-corrected chi connectivity index (χ2v) is 9.87. The fraction of sp³-hybridized carbons (Fsp3) is 1.00. The molecule has 3 heteroatoms. The van der Waals surface area contributed by atoms with Crippen LogP contribution in [0.4, 0.5) is 0 Å². The second kappa shape index (κ2) is 4.98. The fourth-order valence-electron chi connectivity index (χ4n) is 3.43. The molecule has 0 spiro atoms. The Kier molecular flexibility index (Phi) is 4.38. The maximum atomic E-state index is 5.91. The largest absolute Gasteiger partial charge is 0.397 e. The van der Waals surface area contributed by atoms with E-state index in [4.69, 9.17) is 8.85 Å². The summed E-state index contributed by atoms with van der Waals surface area (Å²) in [5.74, 6) is 0. The molecule has 90 valence electrons. The molecule has 15 heavy (non-hydrogen) atoms. The molecule has 0 aromatic heterocycles. The molecular formula is C12H26O2Si. The topological polar surface area (TPSA) is 18.5 Å². The zero-order valence-corrected chi connectivity index (χ0v) is 11.9. The number of rotatable bonds is 4. The van der Waals surface area contributed by atoms with E-state index in [1.807, 2.05) is 14.2 Å². The van der Waals surface area contributed by atoms with Gasteiger partial charge in [0.1, 0.15) is 0 Å². The minimum atomic E-state index is -2.04. The molecule has 0 atom stereocenters. The molecule has 1 aliphatic carbocycles. The van der Waals surface area contributed by atoms with Crippen LogP contribution in [0.25, 0.3) is 0 Å². The van der Waals surface area contributed by atoms with Gasteiger partial charge in [-0.2, -0.15) is 0 Å². The minimum Gasteiger partial charge on any atom is -0.397 e. The Balaban J connectivity index is 2.95. The predicted octanol–water partition coefficient (Wildman–Crippen LogP) is 3.86. The molecule has 0 unspecified atom stereocenters. The van der Waals surface area contributed by atoms with Crippen molar-refractivity contribution in [1.82, 2.24) is 0 Å². The van der Waals surface area contributed by atoms with Crippen LogP contribution in [0.2, 0.25) is 10.6 Å². The van der Waals surface area contributed by atoms with Crippen LogP contribution < -0.4 is 0 Å². The van der Waals surface area contributed by atoms with Gasteiger partial charge in [-0.15, -0.1) is 0 Å². The Hall–Kier alpha value is 0.137. The normalized spacial score (nSPS) is 22.0. The molecule has 0 bridgehead atoms. The summed E-state index contributed by atoms with van der Waals surface area (Å²) in [6.07, 6.45) is 6.61. The van der Waals surface area contributed by atoms with Crippen molar-refractivity contribution < 1.29 is 8.85 Å². The first kappa shape index (κ1) is 13.2. The summed E-state index contributed by atoms with van der Waals surface area (Å²) in [6.45, 7) is 6.88. The summed E-state index contributed by atoms with van der Waals surface area (Å²) in [4.78, 5) is 0. The van der Waals surface area contributed by atoms with Gasteiger partial charge in [-0.25, -0.2) is 0 Å². The summed E-state index contributed by atoms with van der Waals surface area (Å²) in [6, 6.07) is 0. The van der Waals surface area contributed by atoms with Crippen molar-refractivity contribution in [2.24, 2.45) is 0 Å². The van der Waals surface area contributed by atoms with E-state index in [1.165, 1.54) is 32.1 Å². The highest BCUT2D eigenvalue weighted by Gasteiger charge is 2.55. The van der Waals surface area contributed by atoms with Crippen LogP contribution in [0.1, 0.15) is 52.9 Å². The van der Waals surface area contributed by atoms with Crippen LogP contribution in [0.5, 0.6) is 0 Å². The Bertz CT molecular complexity index is 194. The van der Waals surface area contributed by atoms with Gasteiger partial charge in [0.15, 0.2) is 0 Å². The molecule has 1 rings (SSSR count). The van der Waals surface area contributed by atoms with Gasteiger partial charge in [-0.1, -0.05) is 40.0 Å². The quantitative estimate of drug-likeness (QED) is 0.683. The zero-order chi connectivity index (χ0) is 11.5. The van der Waals surface area contributed by atoms with Crippen LogP contribution >= 0.6 is 0 Å². The molecule has 0 aliphatic heterocycles. The third-order valence-corrected chi connectivity index (χ3v) is 9.08. The van der Waals surface area contributed by atoms with Crippen LogP contribution in [0, 0.1) is 0 Å². The lowest BCUT2D eigenvalue weighted by atomic mass is 9.90. The van der Waals surface area contributed by atoms with Crippen LogP contribution in [-0.2, 0) is 8.85 Å². The van der Waals surface area contributed by atoms with Crippen molar-refractivity contribution in [3.8, 4) is 0 Å². The van der Waals surface area contributed by atoms with E-state index in [2.05, 4.69) is 20.8 Å². The van der Waals surface area contributed by atoms with Crippen LogP contribution in [-0.4, -0.2) is 22.8 Å². The van der Waals surface area contributed by atoms with E-state index in [1.54, 1.807) is 0 Å². The third-order valence-electron chi connectivity index (χ3n) is 4.16. The molecule has 2 nitrogen and oxygen atoms in total. The monoisotopic (exact) mass is 230 g/mol. The standard InChI is InChI=1S/C12H26O2Si/c1-11(2)15(13-4,14-5)12(3)9-7-6-8-10-12/h11H,6-10H2,1-5H3. The van der Waals surface area contributed by atoms with Gasteiger partial charge in [0.2, 0.25) is 0 Å². The molecule has 1 aliphatic rings.